The molecule has 7 heteroatoms. The maximum atomic E-state index is 14.8. The van der Waals surface area contributed by atoms with Crippen LogP contribution in [0.1, 0.15) is 40.0 Å². The Labute approximate surface area is 169 Å². The second kappa shape index (κ2) is 8.35. The monoisotopic (exact) mass is 404 g/mol. The molecule has 1 aliphatic rings. The second-order valence-electron chi connectivity index (χ2n) is 8.39. The van der Waals surface area contributed by atoms with Gasteiger partial charge in [0.15, 0.2) is 0 Å². The van der Waals surface area contributed by atoms with Crippen LogP contribution in [0.5, 0.6) is 5.88 Å². The second-order valence-corrected chi connectivity index (χ2v) is 8.39. The molecule has 1 N–H and O–H groups in total. The number of carbonyl (C=O) groups is 1. The third kappa shape index (κ3) is 5.43. The van der Waals surface area contributed by atoms with Crippen molar-refractivity contribution in [2.24, 2.45) is 5.92 Å². The molecule has 2 aromatic rings. The van der Waals surface area contributed by atoms with Crippen molar-refractivity contribution in [3.8, 4) is 17.1 Å². The number of hydrogen-bond acceptors (Lipinski definition) is 4. The Morgan fingerprint density at radius 3 is 2.38 bits per heavy atom. The quantitative estimate of drug-likeness (QED) is 0.768. The summed E-state index contributed by atoms with van der Waals surface area (Å²) >= 11 is 0. The van der Waals surface area contributed by atoms with Crippen molar-refractivity contribution in [1.29, 1.82) is 0 Å². The SMILES string of the molecule is CC(C)(C)Oc1cccc(-c2cc(F)c(N3CCC(CC(=O)O)CC3)c(F)c2)n1. The number of anilines is 1. The van der Waals surface area contributed by atoms with Gasteiger partial charge in [0.2, 0.25) is 5.88 Å². The molecule has 0 bridgehead atoms. The molecule has 5 nitrogen and oxygen atoms in total. The fraction of sp³-hybridized carbons (Fsp3) is 0.455. The summed E-state index contributed by atoms with van der Waals surface area (Å²) in [6.07, 6.45) is 1.29. The predicted octanol–water partition coefficient (Wildman–Crippen LogP) is 4.90. The lowest BCUT2D eigenvalue weighted by atomic mass is 9.93. The van der Waals surface area contributed by atoms with E-state index in [1.54, 1.807) is 23.1 Å². The zero-order valence-electron chi connectivity index (χ0n) is 16.9. The van der Waals surface area contributed by atoms with E-state index in [-0.39, 0.29) is 18.0 Å². The topological polar surface area (TPSA) is 62.7 Å². The van der Waals surface area contributed by atoms with Crippen molar-refractivity contribution in [3.05, 3.63) is 42.0 Å². The van der Waals surface area contributed by atoms with Gasteiger partial charge >= 0.3 is 5.97 Å². The van der Waals surface area contributed by atoms with Crippen LogP contribution >= 0.6 is 0 Å². The summed E-state index contributed by atoms with van der Waals surface area (Å²) in [6.45, 7) is 6.55. The number of piperidine rings is 1. The Hall–Kier alpha value is -2.70. The number of halogens is 2. The van der Waals surface area contributed by atoms with Crippen LogP contribution < -0.4 is 9.64 Å². The number of aliphatic carboxylic acids is 1. The van der Waals surface area contributed by atoms with E-state index < -0.39 is 23.2 Å². The molecule has 156 valence electrons. The lowest BCUT2D eigenvalue weighted by Crippen LogP contribution is -2.35. The van der Waals surface area contributed by atoms with Crippen molar-refractivity contribution in [2.75, 3.05) is 18.0 Å². The van der Waals surface area contributed by atoms with Gasteiger partial charge in [-0.2, -0.15) is 0 Å². The van der Waals surface area contributed by atoms with E-state index in [1.165, 1.54) is 12.1 Å². The van der Waals surface area contributed by atoms with Crippen LogP contribution in [0.4, 0.5) is 14.5 Å². The third-order valence-corrected chi connectivity index (χ3v) is 4.84. The number of pyridine rings is 1. The number of carboxylic acid groups (broad SMARTS) is 1. The standard InChI is InChI=1S/C22H26F2N2O3/c1-22(2,3)29-19-6-4-5-18(25-19)15-12-16(23)21(17(24)13-15)26-9-7-14(8-10-26)11-20(27)28/h4-6,12-14H,7-11H2,1-3H3,(H,27,28). The van der Waals surface area contributed by atoms with Gasteiger partial charge in [-0.3, -0.25) is 4.79 Å². The summed E-state index contributed by atoms with van der Waals surface area (Å²) in [5.74, 6) is -1.71. The van der Waals surface area contributed by atoms with Gasteiger partial charge in [-0.25, -0.2) is 13.8 Å². The molecule has 1 aliphatic heterocycles. The van der Waals surface area contributed by atoms with Gasteiger partial charge in [0, 0.05) is 31.1 Å². The Bertz CT molecular complexity index is 865. The first-order valence-electron chi connectivity index (χ1n) is 9.74. The number of benzene rings is 1. The fourth-order valence-electron chi connectivity index (χ4n) is 3.57. The lowest BCUT2D eigenvalue weighted by molar-refractivity contribution is -0.138. The molecule has 1 fully saturated rings. The van der Waals surface area contributed by atoms with Gasteiger partial charge in [-0.05, 0) is 57.7 Å². The maximum absolute atomic E-state index is 14.8. The van der Waals surface area contributed by atoms with Gasteiger partial charge < -0.3 is 14.7 Å². The van der Waals surface area contributed by atoms with Crippen LogP contribution in [0.15, 0.2) is 30.3 Å². The summed E-state index contributed by atoms with van der Waals surface area (Å²) in [7, 11) is 0. The average Bonchev–Trinajstić information content (AvgIpc) is 2.61. The molecule has 1 aromatic carbocycles. The van der Waals surface area contributed by atoms with Crippen molar-refractivity contribution in [1.82, 2.24) is 4.98 Å². The van der Waals surface area contributed by atoms with Gasteiger partial charge in [0.05, 0.1) is 5.69 Å². The minimum absolute atomic E-state index is 0.0453. The van der Waals surface area contributed by atoms with E-state index in [0.29, 0.717) is 43.1 Å². The first-order valence-corrected chi connectivity index (χ1v) is 9.74. The lowest BCUT2D eigenvalue weighted by Gasteiger charge is -2.33. The molecule has 3 rings (SSSR count). The highest BCUT2D eigenvalue weighted by Crippen LogP contribution is 2.33. The Balaban J connectivity index is 1.80. The van der Waals surface area contributed by atoms with Gasteiger partial charge in [-0.15, -0.1) is 0 Å². The van der Waals surface area contributed by atoms with Crippen molar-refractivity contribution >= 4 is 11.7 Å². The number of nitrogens with zero attached hydrogens (tertiary/aromatic N) is 2. The minimum Gasteiger partial charge on any atom is -0.481 e. The molecule has 1 saturated heterocycles. The maximum Gasteiger partial charge on any atom is 0.303 e. The largest absolute Gasteiger partial charge is 0.481 e. The highest BCUT2D eigenvalue weighted by Gasteiger charge is 2.26. The average molecular weight is 404 g/mol. The van der Waals surface area contributed by atoms with Crippen molar-refractivity contribution < 1.29 is 23.4 Å². The molecule has 2 heterocycles. The van der Waals surface area contributed by atoms with E-state index in [2.05, 4.69) is 4.98 Å². The molecule has 0 saturated carbocycles. The molecular weight excluding hydrogens is 378 g/mol. The van der Waals surface area contributed by atoms with Crippen LogP contribution in [-0.4, -0.2) is 34.8 Å². The molecule has 29 heavy (non-hydrogen) atoms. The van der Waals surface area contributed by atoms with Crippen molar-refractivity contribution in [3.63, 3.8) is 0 Å². The van der Waals surface area contributed by atoms with Crippen LogP contribution in [-0.2, 0) is 4.79 Å². The number of hydrogen-bond donors (Lipinski definition) is 1. The smallest absolute Gasteiger partial charge is 0.303 e. The summed E-state index contributed by atoms with van der Waals surface area (Å²) in [5.41, 5.74) is 0.267. The van der Waals surface area contributed by atoms with Crippen LogP contribution in [0.2, 0.25) is 0 Å². The Morgan fingerprint density at radius 2 is 1.83 bits per heavy atom. The van der Waals surface area contributed by atoms with Gasteiger partial charge in [0.25, 0.3) is 0 Å². The van der Waals surface area contributed by atoms with E-state index in [0.717, 1.165) is 0 Å². The number of rotatable bonds is 5. The summed E-state index contributed by atoms with van der Waals surface area (Å²) in [6, 6.07) is 7.69. The predicted molar refractivity (Wildman–Crippen MR) is 107 cm³/mol. The molecular formula is C22H26F2N2O3. The van der Waals surface area contributed by atoms with Crippen molar-refractivity contribution in [2.45, 2.75) is 45.6 Å². The van der Waals surface area contributed by atoms with E-state index in [9.17, 15) is 13.6 Å². The first kappa shape index (κ1) is 21.0. The minimum atomic E-state index is -0.838. The highest BCUT2D eigenvalue weighted by molar-refractivity contribution is 5.67. The Kier molecular flexibility index (Phi) is 6.05. The Morgan fingerprint density at radius 1 is 1.21 bits per heavy atom. The van der Waals surface area contributed by atoms with E-state index >= 15 is 0 Å². The molecule has 0 atom stereocenters. The molecule has 0 spiro atoms. The zero-order chi connectivity index (χ0) is 21.2. The third-order valence-electron chi connectivity index (χ3n) is 4.84. The molecule has 0 aliphatic carbocycles. The van der Waals surface area contributed by atoms with Gasteiger partial charge in [0.1, 0.15) is 22.9 Å². The number of aromatic nitrogens is 1. The van der Waals surface area contributed by atoms with Crippen LogP contribution in [0.3, 0.4) is 0 Å². The van der Waals surface area contributed by atoms with Crippen LogP contribution in [0, 0.1) is 17.6 Å². The molecule has 0 amide bonds. The molecule has 0 radical (unpaired) electrons. The normalized spacial score (nSPS) is 15.4. The molecule has 0 unspecified atom stereocenters. The summed E-state index contributed by atoms with van der Waals surface area (Å²) in [4.78, 5) is 16.9. The number of carboxylic acids is 1. The van der Waals surface area contributed by atoms with E-state index in [4.69, 9.17) is 9.84 Å². The van der Waals surface area contributed by atoms with Crippen LogP contribution in [0.25, 0.3) is 11.3 Å². The zero-order valence-corrected chi connectivity index (χ0v) is 16.9. The highest BCUT2D eigenvalue weighted by atomic mass is 19.1. The summed E-state index contributed by atoms with van der Waals surface area (Å²) < 4.78 is 35.4. The summed E-state index contributed by atoms with van der Waals surface area (Å²) in [5, 5.41) is 8.91. The number of ether oxygens (including phenoxy) is 1. The fourth-order valence-corrected chi connectivity index (χ4v) is 3.57. The van der Waals surface area contributed by atoms with E-state index in [1.807, 2.05) is 20.8 Å². The first-order chi connectivity index (χ1) is 13.6. The van der Waals surface area contributed by atoms with Gasteiger partial charge in [-0.1, -0.05) is 6.07 Å². The molecule has 1 aromatic heterocycles.